The van der Waals surface area contributed by atoms with Crippen molar-refractivity contribution >= 4 is 15.7 Å². The van der Waals surface area contributed by atoms with Crippen LogP contribution in [0.5, 0.6) is 0 Å². The number of benzene rings is 1. The molecule has 1 aliphatic heterocycles. The highest BCUT2D eigenvalue weighted by Crippen LogP contribution is 2.27. The minimum Gasteiger partial charge on any atom is -0.297 e. The molecular weight excluding hydrogens is 366 g/mol. The first-order valence-electron chi connectivity index (χ1n) is 8.68. The minimum atomic E-state index is -3.46. The summed E-state index contributed by atoms with van der Waals surface area (Å²) in [6, 6.07) is 8.72. The average molecular weight is 387 g/mol. The van der Waals surface area contributed by atoms with E-state index in [9.17, 15) is 13.2 Å². The Morgan fingerprint density at radius 3 is 2.85 bits per heavy atom. The SMILES string of the molecule is CN(C)S(=O)(=O)c1cccc2c1CCN(Cc1cc(=O)n3[nH]ccc3n1)C2. The van der Waals surface area contributed by atoms with Crippen molar-refractivity contribution in [2.75, 3.05) is 20.6 Å². The van der Waals surface area contributed by atoms with Crippen LogP contribution in [0.15, 0.2) is 46.2 Å². The molecule has 4 rings (SSSR count). The molecule has 9 heteroatoms. The zero-order chi connectivity index (χ0) is 19.2. The lowest BCUT2D eigenvalue weighted by atomic mass is 9.99. The molecule has 0 radical (unpaired) electrons. The summed E-state index contributed by atoms with van der Waals surface area (Å²) < 4.78 is 27.8. The van der Waals surface area contributed by atoms with Crippen LogP contribution in [-0.2, 0) is 29.5 Å². The molecular formula is C18H21N5O3S. The van der Waals surface area contributed by atoms with Gasteiger partial charge in [0.15, 0.2) is 5.65 Å². The molecule has 0 bridgehead atoms. The molecule has 1 aromatic carbocycles. The van der Waals surface area contributed by atoms with Gasteiger partial charge in [-0.1, -0.05) is 12.1 Å². The zero-order valence-electron chi connectivity index (χ0n) is 15.2. The number of fused-ring (bicyclic) bond motifs is 2. The second kappa shape index (κ2) is 6.59. The lowest BCUT2D eigenvalue weighted by molar-refractivity contribution is 0.241. The van der Waals surface area contributed by atoms with Gasteiger partial charge in [-0.15, -0.1) is 0 Å². The Balaban J connectivity index is 1.61. The summed E-state index contributed by atoms with van der Waals surface area (Å²) in [6.45, 7) is 1.88. The van der Waals surface area contributed by atoms with E-state index in [0.717, 1.165) is 11.1 Å². The smallest absolute Gasteiger partial charge is 0.272 e. The zero-order valence-corrected chi connectivity index (χ0v) is 16.0. The summed E-state index contributed by atoms with van der Waals surface area (Å²) >= 11 is 0. The molecule has 3 aromatic rings. The van der Waals surface area contributed by atoms with E-state index in [1.807, 2.05) is 6.07 Å². The lowest BCUT2D eigenvalue weighted by Gasteiger charge is -2.30. The van der Waals surface area contributed by atoms with Crippen LogP contribution in [0.3, 0.4) is 0 Å². The molecule has 0 fully saturated rings. The quantitative estimate of drug-likeness (QED) is 0.716. The van der Waals surface area contributed by atoms with Crippen molar-refractivity contribution in [3.63, 3.8) is 0 Å². The molecule has 0 amide bonds. The monoisotopic (exact) mass is 387 g/mol. The van der Waals surface area contributed by atoms with Crippen LogP contribution in [0.4, 0.5) is 0 Å². The summed E-state index contributed by atoms with van der Waals surface area (Å²) in [6.07, 6.45) is 2.32. The predicted octanol–water partition coefficient (Wildman–Crippen LogP) is 0.831. The summed E-state index contributed by atoms with van der Waals surface area (Å²) in [5, 5.41) is 2.83. The molecule has 0 atom stereocenters. The van der Waals surface area contributed by atoms with E-state index >= 15 is 0 Å². The van der Waals surface area contributed by atoms with Crippen molar-refractivity contribution in [2.24, 2.45) is 0 Å². The van der Waals surface area contributed by atoms with Gasteiger partial charge >= 0.3 is 0 Å². The summed E-state index contributed by atoms with van der Waals surface area (Å²) in [7, 11) is -0.370. The molecule has 0 spiro atoms. The van der Waals surface area contributed by atoms with Gasteiger partial charge in [0.2, 0.25) is 10.0 Å². The molecule has 8 nitrogen and oxygen atoms in total. The second-order valence-corrected chi connectivity index (χ2v) is 9.00. The number of hydrogen-bond acceptors (Lipinski definition) is 5. The van der Waals surface area contributed by atoms with Crippen molar-refractivity contribution in [2.45, 2.75) is 24.4 Å². The number of nitrogens with zero attached hydrogens (tertiary/aromatic N) is 4. The van der Waals surface area contributed by atoms with Gasteiger partial charge in [-0.05, 0) is 23.6 Å². The van der Waals surface area contributed by atoms with Crippen molar-refractivity contribution < 1.29 is 8.42 Å². The highest BCUT2D eigenvalue weighted by atomic mass is 32.2. The molecule has 0 aliphatic carbocycles. The fraction of sp³-hybridized carbons (Fsp3) is 0.333. The molecule has 0 saturated heterocycles. The second-order valence-electron chi connectivity index (χ2n) is 6.88. The van der Waals surface area contributed by atoms with Gasteiger partial charge in [0.1, 0.15) is 0 Å². The van der Waals surface area contributed by atoms with Crippen LogP contribution in [0.25, 0.3) is 5.65 Å². The maximum Gasteiger partial charge on any atom is 0.272 e. The molecule has 2 aromatic heterocycles. The Labute approximate surface area is 157 Å². The van der Waals surface area contributed by atoms with E-state index in [1.54, 1.807) is 38.5 Å². The molecule has 27 heavy (non-hydrogen) atoms. The van der Waals surface area contributed by atoms with Crippen molar-refractivity contribution in [3.05, 3.63) is 63.7 Å². The van der Waals surface area contributed by atoms with Crippen molar-refractivity contribution in [3.8, 4) is 0 Å². The fourth-order valence-corrected chi connectivity index (χ4v) is 4.68. The van der Waals surface area contributed by atoms with Crippen LogP contribution >= 0.6 is 0 Å². The molecule has 3 heterocycles. The normalized spacial score (nSPS) is 15.4. The predicted molar refractivity (Wildman–Crippen MR) is 101 cm³/mol. The van der Waals surface area contributed by atoms with Crippen LogP contribution in [0, 0.1) is 0 Å². The van der Waals surface area contributed by atoms with Crippen molar-refractivity contribution in [1.29, 1.82) is 0 Å². The van der Waals surface area contributed by atoms with Crippen LogP contribution in [0.2, 0.25) is 0 Å². The van der Waals surface area contributed by atoms with Gasteiger partial charge in [0.05, 0.1) is 10.6 Å². The Kier molecular flexibility index (Phi) is 4.37. The van der Waals surface area contributed by atoms with Gasteiger partial charge in [-0.25, -0.2) is 22.2 Å². The molecule has 142 valence electrons. The Hall–Kier alpha value is -2.49. The lowest BCUT2D eigenvalue weighted by Crippen LogP contribution is -2.33. The highest BCUT2D eigenvalue weighted by Gasteiger charge is 2.26. The fourth-order valence-electron chi connectivity index (χ4n) is 3.49. The summed E-state index contributed by atoms with van der Waals surface area (Å²) in [5.74, 6) is 0. The van der Waals surface area contributed by atoms with Crippen LogP contribution in [-0.4, -0.2) is 52.9 Å². The number of sulfonamides is 1. The number of nitrogens with one attached hydrogen (secondary N) is 1. The van der Waals surface area contributed by atoms with Crippen LogP contribution < -0.4 is 5.56 Å². The first kappa shape index (κ1) is 17.9. The van der Waals surface area contributed by atoms with Gasteiger partial charge in [-0.2, -0.15) is 0 Å². The molecule has 0 saturated carbocycles. The van der Waals surface area contributed by atoms with E-state index in [1.165, 1.54) is 14.9 Å². The maximum absolute atomic E-state index is 12.6. The third-order valence-electron chi connectivity index (χ3n) is 4.88. The Morgan fingerprint density at radius 1 is 1.26 bits per heavy atom. The van der Waals surface area contributed by atoms with Gasteiger partial charge in [-0.3, -0.25) is 14.8 Å². The highest BCUT2D eigenvalue weighted by molar-refractivity contribution is 7.89. The van der Waals surface area contributed by atoms with E-state index in [2.05, 4.69) is 15.0 Å². The van der Waals surface area contributed by atoms with Crippen LogP contribution in [0.1, 0.15) is 16.8 Å². The third kappa shape index (κ3) is 3.18. The first-order valence-corrected chi connectivity index (χ1v) is 10.1. The summed E-state index contributed by atoms with van der Waals surface area (Å²) in [5.41, 5.74) is 3.05. The number of hydrogen-bond donors (Lipinski definition) is 1. The maximum atomic E-state index is 12.6. The standard InChI is InChI=1S/C18H21N5O3S/c1-21(2)27(25,26)16-5-3-4-13-11-22(9-7-15(13)16)12-14-10-18(24)23-17(20-14)6-8-19-23/h3-6,8,10,19H,7,9,11-12H2,1-2H3. The average Bonchev–Trinajstić information content (AvgIpc) is 3.10. The van der Waals surface area contributed by atoms with Gasteiger partial charge in [0.25, 0.3) is 5.56 Å². The third-order valence-corrected chi connectivity index (χ3v) is 6.78. The van der Waals surface area contributed by atoms with Gasteiger partial charge in [0, 0.05) is 52.1 Å². The first-order chi connectivity index (χ1) is 12.9. The van der Waals surface area contributed by atoms with E-state index in [-0.39, 0.29) is 5.56 Å². The van der Waals surface area contributed by atoms with Gasteiger partial charge < -0.3 is 0 Å². The number of H-pyrrole nitrogens is 1. The van der Waals surface area contributed by atoms with Crippen molar-refractivity contribution in [1.82, 2.24) is 23.8 Å². The van der Waals surface area contributed by atoms with E-state index < -0.39 is 10.0 Å². The summed E-state index contributed by atoms with van der Waals surface area (Å²) in [4.78, 5) is 19.2. The van der Waals surface area contributed by atoms with E-state index in [0.29, 0.717) is 42.3 Å². The number of aromatic amines is 1. The Morgan fingerprint density at radius 2 is 2.07 bits per heavy atom. The minimum absolute atomic E-state index is 0.142. The Bertz CT molecular complexity index is 1160. The molecule has 0 unspecified atom stereocenters. The number of rotatable bonds is 4. The number of aromatic nitrogens is 3. The van der Waals surface area contributed by atoms with E-state index in [4.69, 9.17) is 0 Å². The largest absolute Gasteiger partial charge is 0.297 e. The topological polar surface area (TPSA) is 90.8 Å². The molecule has 1 N–H and O–H groups in total. The molecule has 1 aliphatic rings.